The fourth-order valence-corrected chi connectivity index (χ4v) is 3.23. The molecule has 0 aliphatic rings. The Labute approximate surface area is 151 Å². The van der Waals surface area contributed by atoms with Crippen LogP contribution in [-0.2, 0) is 15.6 Å². The summed E-state index contributed by atoms with van der Waals surface area (Å²) in [6, 6.07) is 13.7. The molecule has 0 saturated heterocycles. The number of hydrogen-bond acceptors (Lipinski definition) is 5. The number of nitrogens with one attached hydrogen (secondary N) is 2. The zero-order chi connectivity index (χ0) is 18.7. The first-order valence-electron chi connectivity index (χ1n) is 7.88. The largest absolute Gasteiger partial charge is 0.322 e. The molecule has 1 heterocycles. The van der Waals surface area contributed by atoms with E-state index in [1.165, 1.54) is 6.26 Å². The van der Waals surface area contributed by atoms with Crippen molar-refractivity contribution in [3.63, 3.8) is 0 Å². The predicted octanol–water partition coefficient (Wildman–Crippen LogP) is 2.58. The highest BCUT2D eigenvalue weighted by Gasteiger charge is 2.09. The number of hydrogen-bond donors (Lipinski definition) is 2. The number of aromatic amines is 1. The predicted molar refractivity (Wildman–Crippen MR) is 99.5 cm³/mol. The molecule has 0 saturated carbocycles. The van der Waals surface area contributed by atoms with Crippen LogP contribution in [-0.4, -0.2) is 35.8 Å². The molecular formula is C18H18N4O3S. The van der Waals surface area contributed by atoms with Gasteiger partial charge in [-0.25, -0.2) is 13.4 Å². The van der Waals surface area contributed by atoms with Crippen molar-refractivity contribution in [2.45, 2.75) is 12.7 Å². The van der Waals surface area contributed by atoms with E-state index in [1.54, 1.807) is 36.4 Å². The molecule has 8 heteroatoms. The van der Waals surface area contributed by atoms with E-state index in [0.29, 0.717) is 22.6 Å². The summed E-state index contributed by atoms with van der Waals surface area (Å²) in [5, 5.41) is 9.68. The van der Waals surface area contributed by atoms with Crippen molar-refractivity contribution in [1.29, 1.82) is 0 Å². The number of sulfone groups is 1. The topological polar surface area (TPSA) is 105 Å². The summed E-state index contributed by atoms with van der Waals surface area (Å²) >= 11 is 0. The third-order valence-corrected chi connectivity index (χ3v) is 4.50. The van der Waals surface area contributed by atoms with E-state index in [9.17, 15) is 13.2 Å². The monoisotopic (exact) mass is 370 g/mol. The molecule has 0 atom stereocenters. The quantitative estimate of drug-likeness (QED) is 0.718. The minimum atomic E-state index is -3.10. The summed E-state index contributed by atoms with van der Waals surface area (Å²) in [6.45, 7) is 1.83. The van der Waals surface area contributed by atoms with Gasteiger partial charge >= 0.3 is 0 Å². The van der Waals surface area contributed by atoms with Gasteiger partial charge in [0.25, 0.3) is 5.91 Å². The first-order valence-corrected chi connectivity index (χ1v) is 9.94. The minimum Gasteiger partial charge on any atom is -0.322 e. The van der Waals surface area contributed by atoms with Gasteiger partial charge in [-0.2, -0.15) is 5.10 Å². The number of carbonyl (C=O) groups is 1. The highest BCUT2D eigenvalue weighted by atomic mass is 32.2. The number of amides is 1. The molecule has 134 valence electrons. The number of anilines is 1. The molecule has 1 amide bonds. The van der Waals surface area contributed by atoms with Crippen molar-refractivity contribution in [3.05, 3.63) is 65.5 Å². The SMILES string of the molecule is Cc1nc(-c2ccc(NC(=O)c3ccc(CS(C)(=O)=O)cc3)cc2)n[nH]1. The average molecular weight is 370 g/mol. The second kappa shape index (κ2) is 7.09. The van der Waals surface area contributed by atoms with E-state index >= 15 is 0 Å². The van der Waals surface area contributed by atoms with Crippen molar-refractivity contribution in [2.24, 2.45) is 0 Å². The molecule has 26 heavy (non-hydrogen) atoms. The Hall–Kier alpha value is -3.00. The van der Waals surface area contributed by atoms with E-state index in [-0.39, 0.29) is 11.7 Å². The van der Waals surface area contributed by atoms with Gasteiger partial charge in [0.15, 0.2) is 15.7 Å². The molecule has 2 aromatic carbocycles. The normalized spacial score (nSPS) is 11.3. The smallest absolute Gasteiger partial charge is 0.255 e. The molecular weight excluding hydrogens is 352 g/mol. The van der Waals surface area contributed by atoms with Crippen molar-refractivity contribution in [3.8, 4) is 11.4 Å². The summed E-state index contributed by atoms with van der Waals surface area (Å²) in [7, 11) is -3.10. The van der Waals surface area contributed by atoms with Crippen LogP contribution in [0.4, 0.5) is 5.69 Å². The second-order valence-corrected chi connectivity index (χ2v) is 8.18. The van der Waals surface area contributed by atoms with Crippen LogP contribution in [0.5, 0.6) is 0 Å². The summed E-state index contributed by atoms with van der Waals surface area (Å²) < 4.78 is 22.6. The molecule has 1 aromatic heterocycles. The van der Waals surface area contributed by atoms with Crippen LogP contribution in [0.1, 0.15) is 21.7 Å². The number of aryl methyl sites for hydroxylation is 1. The van der Waals surface area contributed by atoms with Gasteiger partial charge in [0, 0.05) is 23.1 Å². The van der Waals surface area contributed by atoms with Crippen LogP contribution in [0.2, 0.25) is 0 Å². The highest BCUT2D eigenvalue weighted by molar-refractivity contribution is 7.89. The average Bonchev–Trinajstić information content (AvgIpc) is 3.01. The fraction of sp³-hybridized carbons (Fsp3) is 0.167. The van der Waals surface area contributed by atoms with Crippen LogP contribution in [0.25, 0.3) is 11.4 Å². The summed E-state index contributed by atoms with van der Waals surface area (Å²) in [5.41, 5.74) is 2.59. The maximum absolute atomic E-state index is 12.3. The highest BCUT2D eigenvalue weighted by Crippen LogP contribution is 2.18. The lowest BCUT2D eigenvalue weighted by molar-refractivity contribution is 0.102. The van der Waals surface area contributed by atoms with Crippen LogP contribution < -0.4 is 5.32 Å². The van der Waals surface area contributed by atoms with Crippen LogP contribution in [0.3, 0.4) is 0 Å². The Morgan fingerprint density at radius 2 is 1.73 bits per heavy atom. The number of aromatic nitrogens is 3. The molecule has 0 radical (unpaired) electrons. The van der Waals surface area contributed by atoms with Gasteiger partial charge in [-0.15, -0.1) is 0 Å². The van der Waals surface area contributed by atoms with Gasteiger partial charge in [0.2, 0.25) is 0 Å². The van der Waals surface area contributed by atoms with Crippen LogP contribution >= 0.6 is 0 Å². The summed E-state index contributed by atoms with van der Waals surface area (Å²) in [6.07, 6.45) is 1.18. The van der Waals surface area contributed by atoms with Gasteiger partial charge in [-0.1, -0.05) is 12.1 Å². The standard InChI is InChI=1S/C18H18N4O3S/c1-12-19-17(22-21-12)14-7-9-16(10-8-14)20-18(23)15-5-3-13(4-6-15)11-26(2,24)25/h3-10H,11H2,1-2H3,(H,20,23)(H,19,21,22). The molecule has 0 unspecified atom stereocenters. The number of H-pyrrole nitrogens is 1. The van der Waals surface area contributed by atoms with Gasteiger partial charge in [0.1, 0.15) is 5.82 Å². The molecule has 0 spiro atoms. The molecule has 7 nitrogen and oxygen atoms in total. The Balaban J connectivity index is 1.67. The zero-order valence-corrected chi connectivity index (χ0v) is 15.2. The lowest BCUT2D eigenvalue weighted by Gasteiger charge is -2.07. The number of nitrogens with zero attached hydrogens (tertiary/aromatic N) is 2. The third-order valence-electron chi connectivity index (χ3n) is 3.64. The Bertz CT molecular complexity index is 1020. The Kier molecular flexibility index (Phi) is 4.85. The zero-order valence-electron chi connectivity index (χ0n) is 14.4. The summed E-state index contributed by atoms with van der Waals surface area (Å²) in [5.74, 6) is 1.02. The Morgan fingerprint density at radius 1 is 1.08 bits per heavy atom. The molecule has 0 bridgehead atoms. The first kappa shape index (κ1) is 17.8. The van der Waals surface area contributed by atoms with Gasteiger partial charge < -0.3 is 5.32 Å². The summed E-state index contributed by atoms with van der Waals surface area (Å²) in [4.78, 5) is 16.6. The molecule has 3 rings (SSSR count). The molecule has 0 aliphatic heterocycles. The van der Waals surface area contributed by atoms with Crippen LogP contribution in [0.15, 0.2) is 48.5 Å². The van der Waals surface area contributed by atoms with Crippen molar-refractivity contribution in [1.82, 2.24) is 15.2 Å². The molecule has 3 aromatic rings. The maximum atomic E-state index is 12.3. The van der Waals surface area contributed by atoms with E-state index < -0.39 is 9.84 Å². The third kappa shape index (κ3) is 4.54. The van der Waals surface area contributed by atoms with E-state index in [1.807, 2.05) is 19.1 Å². The Morgan fingerprint density at radius 3 is 2.27 bits per heavy atom. The van der Waals surface area contributed by atoms with E-state index in [2.05, 4.69) is 20.5 Å². The van der Waals surface area contributed by atoms with Gasteiger partial charge in [0.05, 0.1) is 5.75 Å². The van der Waals surface area contributed by atoms with Crippen LogP contribution in [0, 0.1) is 6.92 Å². The van der Waals surface area contributed by atoms with E-state index in [0.717, 1.165) is 11.4 Å². The maximum Gasteiger partial charge on any atom is 0.255 e. The molecule has 0 fully saturated rings. The lowest BCUT2D eigenvalue weighted by Crippen LogP contribution is -2.12. The molecule has 2 N–H and O–H groups in total. The fourth-order valence-electron chi connectivity index (χ4n) is 2.43. The van der Waals surface area contributed by atoms with Gasteiger partial charge in [-0.05, 0) is 48.9 Å². The van der Waals surface area contributed by atoms with Gasteiger partial charge in [-0.3, -0.25) is 9.89 Å². The molecule has 0 aliphatic carbocycles. The second-order valence-electron chi connectivity index (χ2n) is 6.04. The number of benzene rings is 2. The minimum absolute atomic E-state index is 0.0446. The number of carbonyl (C=O) groups excluding carboxylic acids is 1. The van der Waals surface area contributed by atoms with Crippen molar-refractivity contribution in [2.75, 3.05) is 11.6 Å². The lowest BCUT2D eigenvalue weighted by atomic mass is 10.1. The van der Waals surface area contributed by atoms with Crippen molar-refractivity contribution >= 4 is 21.4 Å². The number of rotatable bonds is 5. The van der Waals surface area contributed by atoms with Crippen molar-refractivity contribution < 1.29 is 13.2 Å². The van der Waals surface area contributed by atoms with E-state index in [4.69, 9.17) is 0 Å². The first-order chi connectivity index (χ1) is 12.3.